The largest absolute Gasteiger partial charge is 0.318 e. The van der Waals surface area contributed by atoms with Gasteiger partial charge >= 0.3 is 0 Å². The first-order valence-electron chi connectivity index (χ1n) is 8.33. The van der Waals surface area contributed by atoms with Crippen LogP contribution in [0.3, 0.4) is 0 Å². The maximum Gasteiger partial charge on any atom is 0.0350 e. The maximum atomic E-state index is 3.42. The topological polar surface area (TPSA) is 18.5 Å². The zero-order valence-corrected chi connectivity index (χ0v) is 13.2. The van der Waals surface area contributed by atoms with Gasteiger partial charge in [-0.3, -0.25) is 4.90 Å². The van der Waals surface area contributed by atoms with E-state index in [1.807, 2.05) is 0 Å². The average molecular weight is 267 g/mol. The molecule has 2 atom stereocenters. The van der Waals surface area contributed by atoms with Crippen LogP contribution in [0.1, 0.15) is 51.9 Å². The van der Waals surface area contributed by atoms with Gasteiger partial charge in [0.1, 0.15) is 0 Å². The van der Waals surface area contributed by atoms with Crippen molar-refractivity contribution < 1.29 is 0 Å². The number of nitrogens with one attached hydrogen (secondary N) is 1. The van der Waals surface area contributed by atoms with Gasteiger partial charge in [-0.15, -0.1) is 0 Å². The molecule has 3 nitrogen and oxygen atoms in total. The van der Waals surface area contributed by atoms with Gasteiger partial charge in [0.15, 0.2) is 0 Å². The molecule has 0 spiro atoms. The summed E-state index contributed by atoms with van der Waals surface area (Å²) in [6, 6.07) is 2.28. The smallest absolute Gasteiger partial charge is 0.0350 e. The first-order chi connectivity index (χ1) is 9.22. The fourth-order valence-corrected chi connectivity index (χ4v) is 3.84. The average Bonchev–Trinajstić information content (AvgIpc) is 2.73. The summed E-state index contributed by atoms with van der Waals surface area (Å²) in [7, 11) is 4.39. The molecule has 2 fully saturated rings. The van der Waals surface area contributed by atoms with E-state index in [-0.39, 0.29) is 0 Å². The van der Waals surface area contributed by atoms with Gasteiger partial charge in [-0.25, -0.2) is 0 Å². The molecule has 1 aliphatic heterocycles. The van der Waals surface area contributed by atoms with Crippen LogP contribution in [0.2, 0.25) is 0 Å². The fraction of sp³-hybridized carbons (Fsp3) is 1.00. The van der Waals surface area contributed by atoms with Crippen molar-refractivity contribution in [1.29, 1.82) is 0 Å². The minimum absolute atomic E-state index is 0.697. The van der Waals surface area contributed by atoms with Crippen LogP contribution in [0.5, 0.6) is 0 Å². The first kappa shape index (κ1) is 15.3. The Morgan fingerprint density at radius 2 is 1.74 bits per heavy atom. The van der Waals surface area contributed by atoms with Crippen molar-refractivity contribution >= 4 is 0 Å². The third-order valence-electron chi connectivity index (χ3n) is 5.26. The standard InChI is InChI=1S/C16H33N3/c1-14-10-11-19(15-8-6-4-5-7-9-15)16(12-17-2)13-18(14)3/h14-17H,4-13H2,1-3H3. The molecule has 0 aromatic rings. The molecule has 0 amide bonds. The summed E-state index contributed by atoms with van der Waals surface area (Å²) >= 11 is 0. The quantitative estimate of drug-likeness (QED) is 0.792. The third-order valence-corrected chi connectivity index (χ3v) is 5.26. The molecule has 1 heterocycles. The van der Waals surface area contributed by atoms with E-state index in [1.165, 1.54) is 58.0 Å². The first-order valence-corrected chi connectivity index (χ1v) is 8.33. The molecular weight excluding hydrogens is 234 g/mol. The predicted molar refractivity (Wildman–Crippen MR) is 82.6 cm³/mol. The van der Waals surface area contributed by atoms with Gasteiger partial charge in [0.25, 0.3) is 0 Å². The van der Waals surface area contributed by atoms with E-state index in [0.717, 1.165) is 18.6 Å². The molecule has 2 aliphatic rings. The molecule has 112 valence electrons. The number of hydrogen-bond acceptors (Lipinski definition) is 3. The Morgan fingerprint density at radius 1 is 1.05 bits per heavy atom. The summed E-state index contributed by atoms with van der Waals surface area (Å²) in [4.78, 5) is 5.40. The van der Waals surface area contributed by atoms with Crippen LogP contribution in [-0.4, -0.2) is 61.7 Å². The summed E-state index contributed by atoms with van der Waals surface area (Å²) in [5.41, 5.74) is 0. The summed E-state index contributed by atoms with van der Waals surface area (Å²) in [5.74, 6) is 0. The van der Waals surface area contributed by atoms with Crippen LogP contribution in [0.15, 0.2) is 0 Å². The summed E-state index contributed by atoms with van der Waals surface area (Å²) < 4.78 is 0. The van der Waals surface area contributed by atoms with Gasteiger partial charge < -0.3 is 10.2 Å². The second-order valence-corrected chi connectivity index (χ2v) is 6.67. The van der Waals surface area contributed by atoms with Crippen molar-refractivity contribution in [2.75, 3.05) is 33.7 Å². The van der Waals surface area contributed by atoms with E-state index in [9.17, 15) is 0 Å². The van der Waals surface area contributed by atoms with Gasteiger partial charge in [0.2, 0.25) is 0 Å². The minimum Gasteiger partial charge on any atom is -0.318 e. The van der Waals surface area contributed by atoms with Crippen molar-refractivity contribution in [3.63, 3.8) is 0 Å². The normalized spacial score (nSPS) is 33.0. The number of rotatable bonds is 3. The Bertz CT molecular complexity index is 248. The van der Waals surface area contributed by atoms with Crippen LogP contribution >= 0.6 is 0 Å². The van der Waals surface area contributed by atoms with Crippen LogP contribution in [0.4, 0.5) is 0 Å². The number of likely N-dealkylation sites (N-methyl/N-ethyl adjacent to an activating group) is 2. The SMILES string of the molecule is CNCC1CN(C)C(C)CCN1C1CCCCCC1. The highest BCUT2D eigenvalue weighted by atomic mass is 15.3. The van der Waals surface area contributed by atoms with E-state index in [0.29, 0.717) is 6.04 Å². The second-order valence-electron chi connectivity index (χ2n) is 6.67. The van der Waals surface area contributed by atoms with Crippen LogP contribution in [-0.2, 0) is 0 Å². The van der Waals surface area contributed by atoms with Gasteiger partial charge in [-0.1, -0.05) is 25.7 Å². The highest BCUT2D eigenvalue weighted by Gasteiger charge is 2.31. The summed E-state index contributed by atoms with van der Waals surface area (Å²) in [6.07, 6.45) is 9.98. The highest BCUT2D eigenvalue weighted by Crippen LogP contribution is 2.26. The van der Waals surface area contributed by atoms with Crippen LogP contribution in [0.25, 0.3) is 0 Å². The third kappa shape index (κ3) is 4.17. The van der Waals surface area contributed by atoms with E-state index >= 15 is 0 Å². The van der Waals surface area contributed by atoms with Crippen molar-refractivity contribution in [2.24, 2.45) is 0 Å². The fourth-order valence-electron chi connectivity index (χ4n) is 3.84. The molecule has 0 aromatic heterocycles. The van der Waals surface area contributed by atoms with Gasteiger partial charge in [-0.2, -0.15) is 0 Å². The molecular formula is C16H33N3. The van der Waals surface area contributed by atoms with Crippen molar-refractivity contribution in [3.8, 4) is 0 Å². The Balaban J connectivity index is 2.04. The molecule has 1 N–H and O–H groups in total. The summed E-state index contributed by atoms with van der Waals surface area (Å²) in [6.45, 7) is 6.03. The Hall–Kier alpha value is -0.120. The second kappa shape index (κ2) is 7.61. The lowest BCUT2D eigenvalue weighted by molar-refractivity contribution is 0.118. The molecule has 1 aliphatic carbocycles. The molecule has 1 saturated heterocycles. The lowest BCUT2D eigenvalue weighted by Crippen LogP contribution is -2.50. The molecule has 0 bridgehead atoms. The van der Waals surface area contributed by atoms with Gasteiger partial charge in [0, 0.05) is 37.8 Å². The van der Waals surface area contributed by atoms with Crippen LogP contribution < -0.4 is 5.32 Å². The number of hydrogen-bond donors (Lipinski definition) is 1. The Labute approximate surface area is 119 Å². The minimum atomic E-state index is 0.697. The molecule has 2 rings (SSSR count). The zero-order valence-electron chi connectivity index (χ0n) is 13.2. The van der Waals surface area contributed by atoms with Crippen molar-refractivity contribution in [3.05, 3.63) is 0 Å². The monoisotopic (exact) mass is 267 g/mol. The Kier molecular flexibility index (Phi) is 6.11. The van der Waals surface area contributed by atoms with Gasteiger partial charge in [0.05, 0.1) is 0 Å². The molecule has 3 heteroatoms. The van der Waals surface area contributed by atoms with Crippen LogP contribution in [0, 0.1) is 0 Å². The lowest BCUT2D eigenvalue weighted by Gasteiger charge is -2.37. The molecule has 2 unspecified atom stereocenters. The van der Waals surface area contributed by atoms with Crippen molar-refractivity contribution in [2.45, 2.75) is 70.0 Å². The molecule has 19 heavy (non-hydrogen) atoms. The maximum absolute atomic E-state index is 3.42. The molecule has 0 radical (unpaired) electrons. The van der Waals surface area contributed by atoms with Gasteiger partial charge in [-0.05, 0) is 40.3 Å². The molecule has 0 aromatic carbocycles. The van der Waals surface area contributed by atoms with E-state index < -0.39 is 0 Å². The Morgan fingerprint density at radius 3 is 2.37 bits per heavy atom. The van der Waals surface area contributed by atoms with E-state index in [2.05, 4.69) is 36.1 Å². The molecule has 1 saturated carbocycles. The van der Waals surface area contributed by atoms with E-state index in [1.54, 1.807) is 0 Å². The lowest BCUT2D eigenvalue weighted by atomic mass is 10.0. The van der Waals surface area contributed by atoms with Crippen molar-refractivity contribution in [1.82, 2.24) is 15.1 Å². The zero-order chi connectivity index (χ0) is 13.7. The summed E-state index contributed by atoms with van der Waals surface area (Å²) in [5, 5.41) is 3.42. The number of nitrogens with zero attached hydrogens (tertiary/aromatic N) is 2. The highest BCUT2D eigenvalue weighted by molar-refractivity contribution is 4.88. The predicted octanol–water partition coefficient (Wildman–Crippen LogP) is 2.32. The van der Waals surface area contributed by atoms with E-state index in [4.69, 9.17) is 0 Å².